The van der Waals surface area contributed by atoms with Crippen molar-refractivity contribution in [2.24, 2.45) is 23.3 Å². The van der Waals surface area contributed by atoms with E-state index in [1.807, 2.05) is 49.1 Å². The summed E-state index contributed by atoms with van der Waals surface area (Å²) in [6.45, 7) is 5.55. The van der Waals surface area contributed by atoms with Gasteiger partial charge >= 0.3 is 0 Å². The Kier molecular flexibility index (Phi) is 5.37. The van der Waals surface area contributed by atoms with E-state index in [-0.39, 0.29) is 23.9 Å². The van der Waals surface area contributed by atoms with Crippen LogP contribution in [0.5, 0.6) is 0 Å². The minimum Gasteiger partial charge on any atom is -0.342 e. The topological polar surface area (TPSA) is 72.3 Å². The molecule has 4 N–H and O–H groups in total. The van der Waals surface area contributed by atoms with E-state index >= 15 is 0 Å². The standard InChI is InChI=1S/C17H27N3O/c1-12(16(19)14-7-4-3-5-8-14)17(21)20-10-6-9-15(11-20)13(2)18/h3-5,7-8,12-13,15-16H,6,9-11,18-19H2,1-2H3. The highest BCUT2D eigenvalue weighted by Crippen LogP contribution is 2.25. The van der Waals surface area contributed by atoms with Gasteiger partial charge in [-0.1, -0.05) is 37.3 Å². The number of piperidine rings is 1. The van der Waals surface area contributed by atoms with Gasteiger partial charge in [-0.2, -0.15) is 0 Å². The lowest BCUT2D eigenvalue weighted by atomic mass is 9.89. The van der Waals surface area contributed by atoms with Gasteiger partial charge in [-0.05, 0) is 31.2 Å². The van der Waals surface area contributed by atoms with Gasteiger partial charge in [-0.3, -0.25) is 4.79 Å². The zero-order valence-corrected chi connectivity index (χ0v) is 13.0. The quantitative estimate of drug-likeness (QED) is 0.889. The lowest BCUT2D eigenvalue weighted by Gasteiger charge is -2.37. The summed E-state index contributed by atoms with van der Waals surface area (Å²) in [5.41, 5.74) is 13.3. The molecule has 0 aromatic heterocycles. The number of likely N-dealkylation sites (tertiary alicyclic amines) is 1. The van der Waals surface area contributed by atoms with Crippen LogP contribution >= 0.6 is 0 Å². The first-order valence-electron chi connectivity index (χ1n) is 7.85. The molecular weight excluding hydrogens is 262 g/mol. The molecule has 1 amide bonds. The third-order valence-electron chi connectivity index (χ3n) is 4.63. The zero-order valence-electron chi connectivity index (χ0n) is 13.0. The summed E-state index contributed by atoms with van der Waals surface area (Å²) in [5, 5.41) is 0. The lowest BCUT2D eigenvalue weighted by molar-refractivity contribution is -0.137. The smallest absolute Gasteiger partial charge is 0.227 e. The number of nitrogens with two attached hydrogens (primary N) is 2. The molecule has 0 spiro atoms. The van der Waals surface area contributed by atoms with E-state index in [4.69, 9.17) is 11.5 Å². The molecule has 1 heterocycles. The van der Waals surface area contributed by atoms with E-state index < -0.39 is 0 Å². The molecule has 1 aromatic rings. The molecule has 116 valence electrons. The fourth-order valence-electron chi connectivity index (χ4n) is 3.04. The molecular formula is C17H27N3O. The Morgan fingerprint density at radius 1 is 1.24 bits per heavy atom. The molecule has 0 aliphatic carbocycles. The molecule has 0 saturated carbocycles. The van der Waals surface area contributed by atoms with Crippen molar-refractivity contribution in [1.29, 1.82) is 0 Å². The fourth-order valence-corrected chi connectivity index (χ4v) is 3.04. The zero-order chi connectivity index (χ0) is 15.4. The monoisotopic (exact) mass is 289 g/mol. The van der Waals surface area contributed by atoms with E-state index in [1.165, 1.54) is 0 Å². The number of rotatable bonds is 4. The highest BCUT2D eigenvalue weighted by atomic mass is 16.2. The fraction of sp³-hybridized carbons (Fsp3) is 0.588. The van der Waals surface area contributed by atoms with Crippen molar-refractivity contribution in [3.63, 3.8) is 0 Å². The van der Waals surface area contributed by atoms with Crippen molar-refractivity contribution in [3.05, 3.63) is 35.9 Å². The van der Waals surface area contributed by atoms with Crippen LogP contribution in [0.1, 0.15) is 38.3 Å². The molecule has 4 nitrogen and oxygen atoms in total. The molecule has 4 atom stereocenters. The average molecular weight is 289 g/mol. The van der Waals surface area contributed by atoms with Gasteiger partial charge < -0.3 is 16.4 Å². The number of carbonyl (C=O) groups excluding carboxylic acids is 1. The first-order chi connectivity index (χ1) is 10.0. The lowest BCUT2D eigenvalue weighted by Crippen LogP contribution is -2.48. The van der Waals surface area contributed by atoms with E-state index in [9.17, 15) is 4.79 Å². The number of benzene rings is 1. The minimum absolute atomic E-state index is 0.138. The molecule has 1 aliphatic heterocycles. The molecule has 0 radical (unpaired) electrons. The van der Waals surface area contributed by atoms with E-state index in [0.717, 1.165) is 31.5 Å². The van der Waals surface area contributed by atoms with Gasteiger partial charge in [0.1, 0.15) is 0 Å². The molecule has 4 heteroatoms. The summed E-state index contributed by atoms with van der Waals surface area (Å²) in [6.07, 6.45) is 2.14. The Bertz CT molecular complexity index is 460. The maximum absolute atomic E-state index is 12.7. The second kappa shape index (κ2) is 7.05. The Labute approximate surface area is 127 Å². The number of nitrogens with zero attached hydrogens (tertiary/aromatic N) is 1. The second-order valence-corrected chi connectivity index (χ2v) is 6.27. The molecule has 0 bridgehead atoms. The van der Waals surface area contributed by atoms with Crippen molar-refractivity contribution in [2.75, 3.05) is 13.1 Å². The van der Waals surface area contributed by atoms with Crippen molar-refractivity contribution < 1.29 is 4.79 Å². The highest BCUT2D eigenvalue weighted by Gasteiger charge is 2.31. The average Bonchev–Trinajstić information content (AvgIpc) is 2.53. The first-order valence-corrected chi connectivity index (χ1v) is 7.85. The van der Waals surface area contributed by atoms with Gasteiger partial charge in [-0.25, -0.2) is 0 Å². The van der Waals surface area contributed by atoms with Crippen molar-refractivity contribution in [1.82, 2.24) is 4.90 Å². The van der Waals surface area contributed by atoms with Crippen LogP contribution in [0.15, 0.2) is 30.3 Å². The Hall–Kier alpha value is -1.39. The van der Waals surface area contributed by atoms with Crippen LogP contribution in [0.3, 0.4) is 0 Å². The highest BCUT2D eigenvalue weighted by molar-refractivity contribution is 5.79. The van der Waals surface area contributed by atoms with Gasteiger partial charge in [0.15, 0.2) is 0 Å². The Morgan fingerprint density at radius 2 is 1.90 bits per heavy atom. The van der Waals surface area contributed by atoms with Crippen LogP contribution in [0, 0.1) is 11.8 Å². The van der Waals surface area contributed by atoms with Crippen LogP contribution in [0.25, 0.3) is 0 Å². The summed E-state index contributed by atoms with van der Waals surface area (Å²) in [6, 6.07) is 9.72. The number of amides is 1. The minimum atomic E-state index is -0.255. The summed E-state index contributed by atoms with van der Waals surface area (Å²) in [5.74, 6) is 0.346. The van der Waals surface area contributed by atoms with Crippen molar-refractivity contribution >= 4 is 5.91 Å². The van der Waals surface area contributed by atoms with E-state index in [2.05, 4.69) is 0 Å². The first kappa shape index (κ1) is 16.0. The van der Waals surface area contributed by atoms with Gasteiger partial charge in [0, 0.05) is 25.2 Å². The van der Waals surface area contributed by atoms with Gasteiger partial charge in [-0.15, -0.1) is 0 Å². The summed E-state index contributed by atoms with van der Waals surface area (Å²) in [7, 11) is 0. The third kappa shape index (κ3) is 3.83. The Morgan fingerprint density at radius 3 is 2.52 bits per heavy atom. The molecule has 1 saturated heterocycles. The van der Waals surface area contributed by atoms with Crippen LogP contribution in [0.4, 0.5) is 0 Å². The largest absolute Gasteiger partial charge is 0.342 e. The molecule has 4 unspecified atom stereocenters. The summed E-state index contributed by atoms with van der Waals surface area (Å²) in [4.78, 5) is 14.6. The summed E-state index contributed by atoms with van der Waals surface area (Å²) >= 11 is 0. The normalized spacial score (nSPS) is 23.4. The second-order valence-electron chi connectivity index (χ2n) is 6.27. The van der Waals surface area contributed by atoms with Crippen molar-refractivity contribution in [2.45, 2.75) is 38.8 Å². The van der Waals surface area contributed by atoms with E-state index in [1.54, 1.807) is 0 Å². The number of hydrogen-bond acceptors (Lipinski definition) is 3. The van der Waals surface area contributed by atoms with E-state index in [0.29, 0.717) is 5.92 Å². The van der Waals surface area contributed by atoms with Crippen molar-refractivity contribution in [3.8, 4) is 0 Å². The number of carbonyl (C=O) groups is 1. The molecule has 21 heavy (non-hydrogen) atoms. The predicted octanol–water partition coefficient (Wildman–Crippen LogP) is 1.91. The maximum Gasteiger partial charge on any atom is 0.227 e. The van der Waals surface area contributed by atoms with Gasteiger partial charge in [0.05, 0.1) is 5.92 Å². The third-order valence-corrected chi connectivity index (χ3v) is 4.63. The predicted molar refractivity (Wildman–Crippen MR) is 85.5 cm³/mol. The van der Waals surface area contributed by atoms with Gasteiger partial charge in [0.25, 0.3) is 0 Å². The molecule has 1 aliphatic rings. The van der Waals surface area contributed by atoms with Gasteiger partial charge in [0.2, 0.25) is 5.91 Å². The van der Waals surface area contributed by atoms with Crippen LogP contribution in [-0.2, 0) is 4.79 Å². The Balaban J connectivity index is 2.02. The van der Waals surface area contributed by atoms with Crippen LogP contribution in [0.2, 0.25) is 0 Å². The maximum atomic E-state index is 12.7. The molecule has 1 fully saturated rings. The molecule has 2 rings (SSSR count). The summed E-state index contributed by atoms with van der Waals surface area (Å²) < 4.78 is 0. The van der Waals surface area contributed by atoms with Crippen LogP contribution in [-0.4, -0.2) is 29.9 Å². The SMILES string of the molecule is CC(N)C1CCCN(C(=O)C(C)C(N)c2ccccc2)C1. The van der Waals surface area contributed by atoms with Crippen LogP contribution < -0.4 is 11.5 Å². The number of hydrogen-bond donors (Lipinski definition) is 2. The molecule has 1 aromatic carbocycles.